The van der Waals surface area contributed by atoms with Crippen molar-refractivity contribution in [2.75, 3.05) is 14.2 Å². The third-order valence-corrected chi connectivity index (χ3v) is 1.47. The molecule has 60 valence electrons. The molecule has 0 fully saturated rings. The van der Waals surface area contributed by atoms with Crippen LogP contribution >= 0.6 is 0 Å². The molecular formula is C6H14N2O2. The molecule has 0 saturated heterocycles. The minimum absolute atomic E-state index is 0.0487. The van der Waals surface area contributed by atoms with E-state index < -0.39 is 6.04 Å². The van der Waals surface area contributed by atoms with E-state index in [1.165, 1.54) is 7.11 Å². The van der Waals surface area contributed by atoms with Crippen LogP contribution in [-0.4, -0.2) is 32.2 Å². The molecule has 4 heteroatoms. The first-order chi connectivity index (χ1) is 4.63. The van der Waals surface area contributed by atoms with Gasteiger partial charge < -0.3 is 15.8 Å². The summed E-state index contributed by atoms with van der Waals surface area (Å²) in [6.45, 7) is 1.82. The summed E-state index contributed by atoms with van der Waals surface area (Å²) in [7, 11) is 3.07. The topological polar surface area (TPSA) is 64.3 Å². The smallest absolute Gasteiger partial charge is 0.324 e. The summed E-state index contributed by atoms with van der Waals surface area (Å²) in [5.41, 5.74) is 5.44. The van der Waals surface area contributed by atoms with Crippen molar-refractivity contribution < 1.29 is 9.53 Å². The zero-order chi connectivity index (χ0) is 8.15. The predicted octanol–water partition coefficient (Wildman–Crippen LogP) is -0.905. The SMILES string of the molecule is CN[C@H](C)[C@H](N)C(=O)OC. The van der Waals surface area contributed by atoms with Crippen molar-refractivity contribution in [1.82, 2.24) is 5.32 Å². The van der Waals surface area contributed by atoms with Gasteiger partial charge in [-0.3, -0.25) is 4.79 Å². The Balaban J connectivity index is 3.81. The minimum atomic E-state index is -0.574. The highest BCUT2D eigenvalue weighted by molar-refractivity contribution is 5.76. The molecule has 4 nitrogen and oxygen atoms in total. The molecule has 0 aliphatic rings. The van der Waals surface area contributed by atoms with Gasteiger partial charge in [0.1, 0.15) is 6.04 Å². The second-order valence-electron chi connectivity index (χ2n) is 2.13. The van der Waals surface area contributed by atoms with Crippen molar-refractivity contribution in [2.24, 2.45) is 5.73 Å². The van der Waals surface area contributed by atoms with Crippen molar-refractivity contribution in [3.8, 4) is 0 Å². The van der Waals surface area contributed by atoms with E-state index >= 15 is 0 Å². The Kier molecular flexibility index (Phi) is 3.99. The Labute approximate surface area is 60.7 Å². The molecule has 0 aromatic carbocycles. The lowest BCUT2D eigenvalue weighted by atomic mass is 10.1. The fourth-order valence-electron chi connectivity index (χ4n) is 0.520. The first-order valence-corrected chi connectivity index (χ1v) is 3.14. The highest BCUT2D eigenvalue weighted by Gasteiger charge is 2.19. The molecule has 0 aliphatic carbocycles. The molecule has 3 N–H and O–H groups in total. The molecule has 0 unspecified atom stereocenters. The van der Waals surface area contributed by atoms with Crippen molar-refractivity contribution in [2.45, 2.75) is 19.0 Å². The molecule has 0 aromatic rings. The zero-order valence-corrected chi connectivity index (χ0v) is 6.55. The third-order valence-electron chi connectivity index (χ3n) is 1.47. The largest absolute Gasteiger partial charge is 0.468 e. The molecular weight excluding hydrogens is 132 g/mol. The van der Waals surface area contributed by atoms with Crippen molar-refractivity contribution in [3.63, 3.8) is 0 Å². The monoisotopic (exact) mass is 146 g/mol. The fourth-order valence-corrected chi connectivity index (χ4v) is 0.520. The second-order valence-corrected chi connectivity index (χ2v) is 2.13. The lowest BCUT2D eigenvalue weighted by molar-refractivity contribution is -0.142. The Morgan fingerprint density at radius 2 is 2.20 bits per heavy atom. The van der Waals surface area contributed by atoms with Crippen molar-refractivity contribution >= 4 is 5.97 Å². The maximum Gasteiger partial charge on any atom is 0.324 e. The summed E-state index contributed by atoms with van der Waals surface area (Å²) in [5, 5.41) is 2.85. The quantitative estimate of drug-likeness (QED) is 0.506. The standard InChI is InChI=1S/C6H14N2O2/c1-4(8-2)5(7)6(9)10-3/h4-5,8H,7H2,1-3H3/t4-,5+/m1/s1. The molecule has 0 saturated carbocycles. The summed E-state index contributed by atoms with van der Waals surface area (Å²) >= 11 is 0. The van der Waals surface area contributed by atoms with Gasteiger partial charge in [-0.05, 0) is 14.0 Å². The number of nitrogens with one attached hydrogen (secondary N) is 1. The summed E-state index contributed by atoms with van der Waals surface area (Å²) in [6.07, 6.45) is 0. The van der Waals surface area contributed by atoms with Crippen molar-refractivity contribution in [1.29, 1.82) is 0 Å². The van der Waals surface area contributed by atoms with Gasteiger partial charge in [0, 0.05) is 6.04 Å². The Morgan fingerprint density at radius 3 is 2.50 bits per heavy atom. The summed E-state index contributed by atoms with van der Waals surface area (Å²) < 4.78 is 4.43. The van der Waals surface area contributed by atoms with Gasteiger partial charge >= 0.3 is 5.97 Å². The van der Waals surface area contributed by atoms with E-state index in [2.05, 4.69) is 10.1 Å². The molecule has 10 heavy (non-hydrogen) atoms. The van der Waals surface area contributed by atoms with E-state index in [1.54, 1.807) is 7.05 Å². The zero-order valence-electron chi connectivity index (χ0n) is 6.55. The Bertz CT molecular complexity index is 116. The molecule has 0 heterocycles. The lowest BCUT2D eigenvalue weighted by Gasteiger charge is -2.15. The Morgan fingerprint density at radius 1 is 1.70 bits per heavy atom. The minimum Gasteiger partial charge on any atom is -0.468 e. The number of rotatable bonds is 3. The number of likely N-dealkylation sites (N-methyl/N-ethyl adjacent to an activating group) is 1. The molecule has 0 rings (SSSR count). The molecule has 0 spiro atoms. The van der Waals surface area contributed by atoms with Crippen LogP contribution in [-0.2, 0) is 9.53 Å². The van der Waals surface area contributed by atoms with E-state index in [9.17, 15) is 4.79 Å². The van der Waals surface area contributed by atoms with Gasteiger partial charge in [0.15, 0.2) is 0 Å². The number of methoxy groups -OCH3 is 1. The van der Waals surface area contributed by atoms with Gasteiger partial charge in [-0.1, -0.05) is 0 Å². The number of hydrogen-bond acceptors (Lipinski definition) is 4. The van der Waals surface area contributed by atoms with Gasteiger partial charge in [-0.15, -0.1) is 0 Å². The summed E-state index contributed by atoms with van der Waals surface area (Å²) in [6, 6.07) is -0.623. The number of nitrogens with two attached hydrogens (primary N) is 1. The van der Waals surface area contributed by atoms with Gasteiger partial charge in [0.25, 0.3) is 0 Å². The molecule has 0 aromatic heterocycles. The highest BCUT2D eigenvalue weighted by atomic mass is 16.5. The number of hydrogen-bond donors (Lipinski definition) is 2. The lowest BCUT2D eigenvalue weighted by Crippen LogP contribution is -2.47. The third kappa shape index (κ3) is 2.33. The first-order valence-electron chi connectivity index (χ1n) is 3.14. The number of carbonyl (C=O) groups excluding carboxylic acids is 1. The van der Waals surface area contributed by atoms with E-state index in [0.29, 0.717) is 0 Å². The van der Waals surface area contributed by atoms with Crippen LogP contribution in [0.15, 0.2) is 0 Å². The summed E-state index contributed by atoms with van der Waals surface area (Å²) in [5.74, 6) is -0.387. The van der Waals surface area contributed by atoms with Crippen LogP contribution in [0.4, 0.5) is 0 Å². The number of esters is 1. The summed E-state index contributed by atoms with van der Waals surface area (Å²) in [4.78, 5) is 10.7. The van der Waals surface area contributed by atoms with Gasteiger partial charge in [-0.25, -0.2) is 0 Å². The normalized spacial score (nSPS) is 16.0. The first kappa shape index (κ1) is 9.39. The van der Waals surface area contributed by atoms with Gasteiger partial charge in [0.2, 0.25) is 0 Å². The number of carbonyl (C=O) groups is 1. The molecule has 0 amide bonds. The van der Waals surface area contributed by atoms with Crippen LogP contribution in [0.1, 0.15) is 6.92 Å². The molecule has 2 atom stereocenters. The van der Waals surface area contributed by atoms with E-state index in [-0.39, 0.29) is 12.0 Å². The van der Waals surface area contributed by atoms with Crippen LogP contribution in [0, 0.1) is 0 Å². The van der Waals surface area contributed by atoms with Crippen molar-refractivity contribution in [3.05, 3.63) is 0 Å². The predicted molar refractivity (Wildman–Crippen MR) is 38.5 cm³/mol. The molecule has 0 radical (unpaired) electrons. The van der Waals surface area contributed by atoms with Crippen LogP contribution in [0.5, 0.6) is 0 Å². The molecule has 0 aliphatic heterocycles. The Hall–Kier alpha value is -0.610. The maximum absolute atomic E-state index is 10.7. The van der Waals surface area contributed by atoms with E-state index in [4.69, 9.17) is 5.73 Å². The highest BCUT2D eigenvalue weighted by Crippen LogP contribution is 1.90. The van der Waals surface area contributed by atoms with E-state index in [0.717, 1.165) is 0 Å². The average molecular weight is 146 g/mol. The fraction of sp³-hybridized carbons (Fsp3) is 0.833. The van der Waals surface area contributed by atoms with Gasteiger partial charge in [-0.2, -0.15) is 0 Å². The van der Waals surface area contributed by atoms with Crippen LogP contribution in [0.25, 0.3) is 0 Å². The van der Waals surface area contributed by atoms with Gasteiger partial charge in [0.05, 0.1) is 7.11 Å². The van der Waals surface area contributed by atoms with E-state index in [1.807, 2.05) is 6.92 Å². The number of ether oxygens (including phenoxy) is 1. The average Bonchev–Trinajstić information content (AvgIpc) is 2.00. The van der Waals surface area contributed by atoms with Crippen LogP contribution in [0.2, 0.25) is 0 Å². The maximum atomic E-state index is 10.7. The second kappa shape index (κ2) is 4.24. The van der Waals surface area contributed by atoms with Crippen LogP contribution < -0.4 is 11.1 Å². The van der Waals surface area contributed by atoms with Crippen LogP contribution in [0.3, 0.4) is 0 Å². The molecule has 0 bridgehead atoms.